The molecule has 2 saturated heterocycles. The van der Waals surface area contributed by atoms with Gasteiger partial charge in [0.15, 0.2) is 0 Å². The van der Waals surface area contributed by atoms with Crippen LogP contribution in [0, 0.1) is 16.7 Å². The number of fused-ring (bicyclic) bond motifs is 1. The third kappa shape index (κ3) is 1.74. The summed E-state index contributed by atoms with van der Waals surface area (Å²) >= 11 is 0. The average Bonchev–Trinajstić information content (AvgIpc) is 3.21. The van der Waals surface area contributed by atoms with Gasteiger partial charge in [0.25, 0.3) is 0 Å². The molecule has 25 heavy (non-hydrogen) atoms. The van der Waals surface area contributed by atoms with Crippen LogP contribution in [0.25, 0.3) is 0 Å². The largest absolute Gasteiger partial charge is 0.466 e. The highest BCUT2D eigenvalue weighted by atomic mass is 16.5. The molecule has 5 rings (SSSR count). The number of rotatable bonds is 2. The Bertz CT molecular complexity index is 762. The maximum absolute atomic E-state index is 12.7. The summed E-state index contributed by atoms with van der Waals surface area (Å²) < 4.78 is 5.21. The van der Waals surface area contributed by atoms with Gasteiger partial charge in [-0.05, 0) is 38.3 Å². The van der Waals surface area contributed by atoms with Crippen molar-refractivity contribution in [3.8, 4) is 0 Å². The van der Waals surface area contributed by atoms with E-state index in [-0.39, 0.29) is 16.8 Å². The van der Waals surface area contributed by atoms with Crippen molar-refractivity contribution >= 4 is 5.97 Å². The van der Waals surface area contributed by atoms with Crippen LogP contribution in [-0.2, 0) is 9.53 Å². The molecule has 4 atom stereocenters. The van der Waals surface area contributed by atoms with Crippen molar-refractivity contribution in [2.24, 2.45) is 16.7 Å². The number of carbonyl (C=O) groups excluding carboxylic acids is 1. The lowest BCUT2D eigenvalue weighted by molar-refractivity contribution is -0.137. The Hall–Kier alpha value is -1.81. The minimum atomic E-state index is -0.155. The van der Waals surface area contributed by atoms with Crippen molar-refractivity contribution in [2.45, 2.75) is 38.6 Å². The summed E-state index contributed by atoms with van der Waals surface area (Å²) in [6, 6.07) is 0.480. The Balaban J connectivity index is 1.78. The zero-order valence-corrected chi connectivity index (χ0v) is 15.0. The number of nitrogens with zero attached hydrogens (tertiary/aromatic N) is 1. The summed E-state index contributed by atoms with van der Waals surface area (Å²) in [5, 5.41) is 3.69. The van der Waals surface area contributed by atoms with Crippen molar-refractivity contribution in [1.82, 2.24) is 10.2 Å². The lowest BCUT2D eigenvalue weighted by Crippen LogP contribution is -2.58. The molecule has 2 fully saturated rings. The molecule has 0 aromatic carbocycles. The Morgan fingerprint density at radius 1 is 1.44 bits per heavy atom. The SMILES string of the molecule is CC[C@]12C=CCN3CC[C@]4(C(=C(C(=O)OC)C1)NC1=CC=CCC14)C32. The van der Waals surface area contributed by atoms with E-state index in [0.717, 1.165) is 44.3 Å². The zero-order chi connectivity index (χ0) is 17.2. The predicted octanol–water partition coefficient (Wildman–Crippen LogP) is 2.91. The van der Waals surface area contributed by atoms with E-state index in [1.165, 1.54) is 18.5 Å². The summed E-state index contributed by atoms with van der Waals surface area (Å²) in [6.45, 7) is 4.43. The molecule has 4 heteroatoms. The number of allylic oxidation sites excluding steroid dienone is 4. The number of esters is 1. The molecule has 1 spiro atoms. The van der Waals surface area contributed by atoms with Crippen LogP contribution in [-0.4, -0.2) is 37.1 Å². The first-order valence-corrected chi connectivity index (χ1v) is 9.54. The van der Waals surface area contributed by atoms with E-state index in [1.54, 1.807) is 0 Å². The molecule has 2 unspecified atom stereocenters. The van der Waals surface area contributed by atoms with Gasteiger partial charge in [-0.1, -0.05) is 31.2 Å². The first kappa shape index (κ1) is 15.4. The lowest BCUT2D eigenvalue weighted by Gasteiger charge is -2.54. The fraction of sp³-hybridized carbons (Fsp3) is 0.571. The van der Waals surface area contributed by atoms with Crippen LogP contribution in [0.4, 0.5) is 0 Å². The van der Waals surface area contributed by atoms with Crippen molar-refractivity contribution in [1.29, 1.82) is 0 Å². The molecule has 0 amide bonds. The maximum atomic E-state index is 12.7. The van der Waals surface area contributed by atoms with Gasteiger partial charge in [0.1, 0.15) is 0 Å². The lowest BCUT2D eigenvalue weighted by atomic mass is 9.53. The van der Waals surface area contributed by atoms with Gasteiger partial charge < -0.3 is 10.1 Å². The molecule has 0 aromatic rings. The molecular weight excluding hydrogens is 312 g/mol. The molecule has 5 aliphatic rings. The second-order valence-corrected chi connectivity index (χ2v) is 8.16. The number of hydrogen-bond donors (Lipinski definition) is 1. The van der Waals surface area contributed by atoms with Gasteiger partial charge in [-0.2, -0.15) is 0 Å². The smallest absolute Gasteiger partial charge is 0.335 e. The fourth-order valence-corrected chi connectivity index (χ4v) is 6.48. The highest BCUT2D eigenvalue weighted by molar-refractivity contribution is 5.90. The number of hydrogen-bond acceptors (Lipinski definition) is 4. The van der Waals surface area contributed by atoms with E-state index >= 15 is 0 Å². The van der Waals surface area contributed by atoms with Gasteiger partial charge in [-0.25, -0.2) is 4.79 Å². The normalized spacial score (nSPS) is 41.0. The van der Waals surface area contributed by atoms with E-state index < -0.39 is 0 Å². The molecule has 4 nitrogen and oxygen atoms in total. The molecule has 132 valence electrons. The predicted molar refractivity (Wildman–Crippen MR) is 96.4 cm³/mol. The Kier molecular flexibility index (Phi) is 3.15. The van der Waals surface area contributed by atoms with Crippen LogP contribution >= 0.6 is 0 Å². The summed E-state index contributed by atoms with van der Waals surface area (Å²) in [6.07, 6.45) is 15.4. The average molecular weight is 338 g/mol. The van der Waals surface area contributed by atoms with Gasteiger partial charge in [0, 0.05) is 40.7 Å². The van der Waals surface area contributed by atoms with Crippen LogP contribution in [0.1, 0.15) is 32.6 Å². The molecule has 0 bridgehead atoms. The minimum Gasteiger partial charge on any atom is -0.466 e. The molecule has 0 saturated carbocycles. The number of methoxy groups -OCH3 is 1. The van der Waals surface area contributed by atoms with Crippen molar-refractivity contribution in [3.63, 3.8) is 0 Å². The first-order valence-electron chi connectivity index (χ1n) is 9.54. The quantitative estimate of drug-likeness (QED) is 0.621. The van der Waals surface area contributed by atoms with Crippen LogP contribution in [0.3, 0.4) is 0 Å². The van der Waals surface area contributed by atoms with Gasteiger partial charge in [-0.3, -0.25) is 4.90 Å². The van der Waals surface area contributed by atoms with Crippen LogP contribution in [0.5, 0.6) is 0 Å². The van der Waals surface area contributed by atoms with Crippen LogP contribution < -0.4 is 5.32 Å². The molecule has 2 aliphatic carbocycles. The maximum Gasteiger partial charge on any atom is 0.335 e. The number of ether oxygens (including phenoxy) is 1. The summed E-state index contributed by atoms with van der Waals surface area (Å²) in [5.41, 5.74) is 3.41. The third-order valence-corrected chi connectivity index (χ3v) is 7.41. The van der Waals surface area contributed by atoms with E-state index in [4.69, 9.17) is 4.74 Å². The second-order valence-electron chi connectivity index (χ2n) is 8.16. The molecule has 0 radical (unpaired) electrons. The number of carbonyl (C=O) groups is 1. The van der Waals surface area contributed by atoms with Crippen molar-refractivity contribution < 1.29 is 9.53 Å². The topological polar surface area (TPSA) is 41.6 Å². The fourth-order valence-electron chi connectivity index (χ4n) is 6.48. The van der Waals surface area contributed by atoms with E-state index in [1.807, 2.05) is 0 Å². The van der Waals surface area contributed by atoms with Crippen LogP contribution in [0.2, 0.25) is 0 Å². The Morgan fingerprint density at radius 2 is 2.32 bits per heavy atom. The number of nitrogens with one attached hydrogen (secondary N) is 1. The van der Waals surface area contributed by atoms with E-state index in [9.17, 15) is 4.79 Å². The third-order valence-electron chi connectivity index (χ3n) is 7.41. The van der Waals surface area contributed by atoms with Gasteiger partial charge in [-0.15, -0.1) is 0 Å². The molecule has 3 aliphatic heterocycles. The molecular formula is C21H26N2O2. The molecule has 0 aromatic heterocycles. The summed E-state index contributed by atoms with van der Waals surface area (Å²) in [7, 11) is 1.51. The van der Waals surface area contributed by atoms with E-state index in [2.05, 4.69) is 47.5 Å². The highest BCUT2D eigenvalue weighted by Crippen LogP contribution is 2.66. The Morgan fingerprint density at radius 3 is 3.12 bits per heavy atom. The second kappa shape index (κ2) is 5.10. The van der Waals surface area contributed by atoms with Gasteiger partial charge in [0.05, 0.1) is 12.7 Å². The standard InChI is InChI=1S/C21H26N2O2/c1-3-20-9-6-11-23-12-10-21(19(20)23)15-7-4-5-8-16(15)22-17(21)14(13-20)18(24)25-2/h4-6,8-9,15,19,22H,3,7,10-13H2,1-2H3/t15?,19?,20-,21-/m0/s1. The molecule has 3 heterocycles. The molecule has 1 N–H and O–H groups in total. The van der Waals surface area contributed by atoms with E-state index in [0.29, 0.717) is 12.0 Å². The van der Waals surface area contributed by atoms with Crippen molar-refractivity contribution in [2.75, 3.05) is 20.2 Å². The summed E-state index contributed by atoms with van der Waals surface area (Å²) in [5.74, 6) is 0.303. The Labute approximate surface area is 149 Å². The minimum absolute atomic E-state index is 0.0269. The van der Waals surface area contributed by atoms with Crippen molar-refractivity contribution in [3.05, 3.63) is 47.3 Å². The van der Waals surface area contributed by atoms with Gasteiger partial charge in [0.2, 0.25) is 0 Å². The van der Waals surface area contributed by atoms with Crippen LogP contribution in [0.15, 0.2) is 47.3 Å². The first-order chi connectivity index (χ1) is 12.2. The monoisotopic (exact) mass is 338 g/mol. The highest BCUT2D eigenvalue weighted by Gasteiger charge is 2.67. The summed E-state index contributed by atoms with van der Waals surface area (Å²) in [4.78, 5) is 15.4. The van der Waals surface area contributed by atoms with Gasteiger partial charge >= 0.3 is 5.97 Å². The zero-order valence-electron chi connectivity index (χ0n) is 15.0.